The van der Waals surface area contributed by atoms with E-state index in [-0.39, 0.29) is 5.75 Å². The lowest BCUT2D eigenvalue weighted by atomic mass is 10.0. The lowest BCUT2D eigenvalue weighted by Crippen LogP contribution is -2.14. The van der Waals surface area contributed by atoms with Gasteiger partial charge in [-0.15, -0.1) is 0 Å². The molecule has 118 valence electrons. The van der Waals surface area contributed by atoms with Crippen LogP contribution in [0.1, 0.15) is 5.56 Å². The van der Waals surface area contributed by atoms with Gasteiger partial charge >= 0.3 is 0 Å². The maximum Gasteiger partial charge on any atom is 0.213 e. The summed E-state index contributed by atoms with van der Waals surface area (Å²) in [6, 6.07) is 14.3. The molecule has 4 N–H and O–H groups in total. The second-order valence-electron chi connectivity index (χ2n) is 5.26. The van der Waals surface area contributed by atoms with E-state index in [0.717, 1.165) is 22.0 Å². The first kappa shape index (κ1) is 15.7. The number of sulfonamides is 1. The molecule has 1 heterocycles. The van der Waals surface area contributed by atoms with E-state index in [0.29, 0.717) is 16.4 Å². The van der Waals surface area contributed by atoms with E-state index in [1.807, 2.05) is 18.2 Å². The Morgan fingerprint density at radius 2 is 1.74 bits per heavy atom. The average molecular weight is 348 g/mol. The summed E-state index contributed by atoms with van der Waals surface area (Å²) in [5.74, 6) is 0.202. The Bertz CT molecular complexity index is 986. The number of hydrogen-bond donors (Lipinski definition) is 2. The number of benzene rings is 2. The summed E-state index contributed by atoms with van der Waals surface area (Å²) < 4.78 is 22.2. The van der Waals surface area contributed by atoms with Crippen LogP contribution in [0.15, 0.2) is 48.5 Å². The van der Waals surface area contributed by atoms with E-state index >= 15 is 0 Å². The Hall–Kier alpha value is -2.15. The highest BCUT2D eigenvalue weighted by atomic mass is 35.5. The number of pyridine rings is 1. The SMILES string of the molecule is Nc1nc2ccc(Cl)cc2cc1-c1ccc(CS(N)(=O)=O)cc1. The molecule has 0 radical (unpaired) electrons. The van der Waals surface area contributed by atoms with Crippen molar-refractivity contribution in [3.8, 4) is 11.1 Å². The molecule has 3 aromatic rings. The van der Waals surface area contributed by atoms with Gasteiger partial charge in [0.05, 0.1) is 11.3 Å². The molecule has 1 aromatic heterocycles. The zero-order valence-electron chi connectivity index (χ0n) is 12.0. The van der Waals surface area contributed by atoms with Crippen LogP contribution in [0.25, 0.3) is 22.0 Å². The zero-order chi connectivity index (χ0) is 16.6. The van der Waals surface area contributed by atoms with Gasteiger partial charge in [-0.2, -0.15) is 0 Å². The normalized spacial score (nSPS) is 11.7. The number of nitrogens with two attached hydrogens (primary N) is 2. The van der Waals surface area contributed by atoms with Crippen molar-refractivity contribution < 1.29 is 8.42 Å². The van der Waals surface area contributed by atoms with Crippen molar-refractivity contribution in [2.24, 2.45) is 5.14 Å². The van der Waals surface area contributed by atoms with Crippen LogP contribution in [-0.2, 0) is 15.8 Å². The second kappa shape index (κ2) is 5.81. The maximum atomic E-state index is 11.1. The van der Waals surface area contributed by atoms with Crippen molar-refractivity contribution in [3.05, 3.63) is 59.1 Å². The van der Waals surface area contributed by atoms with Gasteiger partial charge in [0.2, 0.25) is 10.0 Å². The fourth-order valence-corrected chi connectivity index (χ4v) is 3.24. The minimum Gasteiger partial charge on any atom is -0.383 e. The fraction of sp³-hybridized carbons (Fsp3) is 0.0625. The number of aromatic nitrogens is 1. The molecule has 0 amide bonds. The van der Waals surface area contributed by atoms with E-state index in [9.17, 15) is 8.42 Å². The van der Waals surface area contributed by atoms with Gasteiger partial charge in [0, 0.05) is 16.0 Å². The number of nitrogens with zero attached hydrogens (tertiary/aromatic N) is 1. The third-order valence-corrected chi connectivity index (χ3v) is 4.41. The van der Waals surface area contributed by atoms with Crippen LogP contribution in [0.2, 0.25) is 5.02 Å². The van der Waals surface area contributed by atoms with Crippen molar-refractivity contribution in [2.45, 2.75) is 5.75 Å². The van der Waals surface area contributed by atoms with Gasteiger partial charge < -0.3 is 5.73 Å². The van der Waals surface area contributed by atoms with Crippen LogP contribution in [0, 0.1) is 0 Å². The predicted octanol–water partition coefficient (Wildman–Crippen LogP) is 2.93. The third kappa shape index (κ3) is 3.61. The van der Waals surface area contributed by atoms with Crippen LogP contribution >= 0.6 is 11.6 Å². The molecule has 0 aliphatic heterocycles. The Morgan fingerprint density at radius 3 is 2.39 bits per heavy atom. The van der Waals surface area contributed by atoms with Crippen molar-refractivity contribution >= 4 is 38.3 Å². The van der Waals surface area contributed by atoms with Gasteiger partial charge in [-0.25, -0.2) is 18.5 Å². The molecule has 0 unspecified atom stereocenters. The molecular formula is C16H14ClN3O2S. The van der Waals surface area contributed by atoms with Gasteiger partial charge in [0.25, 0.3) is 0 Å². The first-order chi connectivity index (χ1) is 10.8. The smallest absolute Gasteiger partial charge is 0.213 e. The van der Waals surface area contributed by atoms with Gasteiger partial charge in [-0.1, -0.05) is 35.9 Å². The molecule has 0 bridgehead atoms. The van der Waals surface area contributed by atoms with E-state index in [2.05, 4.69) is 4.98 Å². The summed E-state index contributed by atoms with van der Waals surface area (Å²) >= 11 is 6.01. The standard InChI is InChI=1S/C16H14ClN3O2S/c17-13-5-6-15-12(7-13)8-14(16(18)20-15)11-3-1-10(2-4-11)9-23(19,21)22/h1-8H,9H2,(H2,18,20)(H2,19,21,22). The van der Waals surface area contributed by atoms with Crippen LogP contribution in [0.3, 0.4) is 0 Å². The quantitative estimate of drug-likeness (QED) is 0.760. The number of hydrogen-bond acceptors (Lipinski definition) is 4. The molecule has 0 saturated carbocycles. The van der Waals surface area contributed by atoms with E-state index in [4.69, 9.17) is 22.5 Å². The van der Waals surface area contributed by atoms with E-state index < -0.39 is 10.0 Å². The number of halogens is 1. The van der Waals surface area contributed by atoms with Gasteiger partial charge in [0.15, 0.2) is 0 Å². The molecule has 2 aromatic carbocycles. The molecule has 0 fully saturated rings. The molecule has 5 nitrogen and oxygen atoms in total. The molecular weight excluding hydrogens is 334 g/mol. The highest BCUT2D eigenvalue weighted by Crippen LogP contribution is 2.29. The summed E-state index contributed by atoms with van der Waals surface area (Å²) in [4.78, 5) is 4.38. The average Bonchev–Trinajstić information content (AvgIpc) is 2.46. The second-order valence-corrected chi connectivity index (χ2v) is 7.31. The molecule has 23 heavy (non-hydrogen) atoms. The van der Waals surface area contributed by atoms with Crippen molar-refractivity contribution in [1.29, 1.82) is 0 Å². The summed E-state index contributed by atoms with van der Waals surface area (Å²) in [5, 5.41) is 6.56. The first-order valence-electron chi connectivity index (χ1n) is 6.77. The van der Waals surface area contributed by atoms with Crippen LogP contribution in [-0.4, -0.2) is 13.4 Å². The number of fused-ring (bicyclic) bond motifs is 1. The van der Waals surface area contributed by atoms with Crippen LogP contribution in [0.4, 0.5) is 5.82 Å². The van der Waals surface area contributed by atoms with Crippen molar-refractivity contribution in [3.63, 3.8) is 0 Å². The molecule has 0 aliphatic carbocycles. The van der Waals surface area contributed by atoms with E-state index in [1.165, 1.54) is 0 Å². The zero-order valence-corrected chi connectivity index (χ0v) is 13.6. The van der Waals surface area contributed by atoms with Crippen LogP contribution < -0.4 is 10.9 Å². The Labute approximate surface area is 138 Å². The predicted molar refractivity (Wildman–Crippen MR) is 93.4 cm³/mol. The van der Waals surface area contributed by atoms with E-state index in [1.54, 1.807) is 30.3 Å². The molecule has 0 spiro atoms. The number of primary sulfonamides is 1. The Balaban J connectivity index is 2.04. The lowest BCUT2D eigenvalue weighted by Gasteiger charge is -2.09. The summed E-state index contributed by atoms with van der Waals surface area (Å²) in [6.07, 6.45) is 0. The minimum atomic E-state index is -3.55. The Morgan fingerprint density at radius 1 is 1.04 bits per heavy atom. The molecule has 3 rings (SSSR count). The highest BCUT2D eigenvalue weighted by molar-refractivity contribution is 7.88. The van der Waals surface area contributed by atoms with Crippen molar-refractivity contribution in [2.75, 3.05) is 5.73 Å². The number of rotatable bonds is 3. The molecule has 0 atom stereocenters. The van der Waals surface area contributed by atoms with Gasteiger partial charge in [-0.05, 0) is 35.4 Å². The summed E-state index contributed by atoms with van der Waals surface area (Å²) in [7, 11) is -3.55. The van der Waals surface area contributed by atoms with Crippen LogP contribution in [0.5, 0.6) is 0 Å². The van der Waals surface area contributed by atoms with Gasteiger partial charge in [-0.3, -0.25) is 0 Å². The van der Waals surface area contributed by atoms with Gasteiger partial charge in [0.1, 0.15) is 5.82 Å². The molecule has 7 heteroatoms. The molecule has 0 saturated heterocycles. The highest BCUT2D eigenvalue weighted by Gasteiger charge is 2.09. The van der Waals surface area contributed by atoms with Crippen molar-refractivity contribution in [1.82, 2.24) is 4.98 Å². The monoisotopic (exact) mass is 347 g/mol. The summed E-state index contributed by atoms with van der Waals surface area (Å²) in [6.45, 7) is 0. The molecule has 0 aliphatic rings. The number of nitrogen functional groups attached to an aromatic ring is 1. The summed E-state index contributed by atoms with van der Waals surface area (Å²) in [5.41, 5.74) is 9.03. The minimum absolute atomic E-state index is 0.200. The maximum absolute atomic E-state index is 11.1. The fourth-order valence-electron chi connectivity index (χ4n) is 2.41. The Kier molecular flexibility index (Phi) is 3.97. The third-order valence-electron chi connectivity index (χ3n) is 3.44. The topological polar surface area (TPSA) is 99.1 Å². The largest absolute Gasteiger partial charge is 0.383 e. The first-order valence-corrected chi connectivity index (χ1v) is 8.87. The number of anilines is 1. The lowest BCUT2D eigenvalue weighted by molar-refractivity contribution is 0.597.